The van der Waals surface area contributed by atoms with Gasteiger partial charge in [0.15, 0.2) is 17.6 Å². The number of nitrogens with zero attached hydrogens (tertiary/aromatic N) is 2. The normalized spacial score (nSPS) is 17.0. The van der Waals surface area contributed by atoms with Crippen LogP contribution in [0.2, 0.25) is 0 Å². The monoisotopic (exact) mass is 506 g/mol. The summed E-state index contributed by atoms with van der Waals surface area (Å²) in [5.41, 5.74) is 1.95. The van der Waals surface area contributed by atoms with Crippen molar-refractivity contribution in [1.29, 1.82) is 0 Å². The van der Waals surface area contributed by atoms with Gasteiger partial charge in [0.05, 0.1) is 0 Å². The number of hydrogen-bond donors (Lipinski definition) is 2. The van der Waals surface area contributed by atoms with Crippen molar-refractivity contribution in [2.75, 3.05) is 32.7 Å². The first-order valence-electron chi connectivity index (χ1n) is 9.75. The molecule has 1 aromatic carbocycles. The van der Waals surface area contributed by atoms with E-state index in [1.807, 2.05) is 13.8 Å². The number of nitrogens with one attached hydrogen (secondary N) is 2. The van der Waals surface area contributed by atoms with E-state index >= 15 is 0 Å². The van der Waals surface area contributed by atoms with Crippen molar-refractivity contribution in [3.8, 4) is 0 Å². The summed E-state index contributed by atoms with van der Waals surface area (Å²) in [7, 11) is 0. The van der Waals surface area contributed by atoms with E-state index in [1.54, 1.807) is 6.07 Å². The second-order valence-corrected chi connectivity index (χ2v) is 7.45. The maximum Gasteiger partial charge on any atom is 0.191 e. The highest BCUT2D eigenvalue weighted by Crippen LogP contribution is 2.18. The van der Waals surface area contributed by atoms with Crippen LogP contribution in [0.4, 0.5) is 8.78 Å². The lowest BCUT2D eigenvalue weighted by atomic mass is 10.0. The largest absolute Gasteiger partial charge is 0.357 e. The molecular weight excluding hydrogens is 473 g/mol. The molecule has 0 aliphatic carbocycles. The van der Waals surface area contributed by atoms with E-state index in [4.69, 9.17) is 0 Å². The second kappa shape index (κ2) is 12.4. The van der Waals surface area contributed by atoms with Gasteiger partial charge in [-0.3, -0.25) is 9.89 Å². The van der Waals surface area contributed by atoms with E-state index in [2.05, 4.69) is 34.0 Å². The number of hydrogen-bond acceptors (Lipinski definition) is 2. The standard InChI is InChI=1S/C21H32F2N4.HI/c1-5-24-21(26-18-8-10-27(11-9-18)14-15(2)3)25-13-16(4)17-6-7-19(22)20(23)12-17;/h6-7,12,16,18H,2,5,8-11,13-14H2,1,3-4H3,(H2,24,25,26);1H. The molecule has 7 heteroatoms. The molecule has 0 spiro atoms. The van der Waals surface area contributed by atoms with Crippen LogP contribution in [-0.2, 0) is 0 Å². The molecule has 4 nitrogen and oxygen atoms in total. The third-order valence-corrected chi connectivity index (χ3v) is 4.80. The van der Waals surface area contributed by atoms with Crippen molar-refractivity contribution in [3.63, 3.8) is 0 Å². The first-order chi connectivity index (χ1) is 12.9. The van der Waals surface area contributed by atoms with Gasteiger partial charge in [-0.2, -0.15) is 0 Å². The Hall–Kier alpha value is -1.22. The van der Waals surface area contributed by atoms with Crippen molar-refractivity contribution >= 4 is 29.9 Å². The Labute approximate surface area is 184 Å². The molecular formula is C21H33F2IN4. The van der Waals surface area contributed by atoms with Gasteiger partial charge in [0.1, 0.15) is 0 Å². The maximum absolute atomic E-state index is 13.4. The van der Waals surface area contributed by atoms with Crippen molar-refractivity contribution < 1.29 is 8.78 Å². The number of guanidine groups is 1. The van der Waals surface area contributed by atoms with Gasteiger partial charge in [-0.25, -0.2) is 8.78 Å². The second-order valence-electron chi connectivity index (χ2n) is 7.45. The van der Waals surface area contributed by atoms with Crippen LogP contribution in [0.15, 0.2) is 35.3 Å². The van der Waals surface area contributed by atoms with E-state index in [0.29, 0.717) is 12.6 Å². The van der Waals surface area contributed by atoms with Crippen LogP contribution >= 0.6 is 24.0 Å². The topological polar surface area (TPSA) is 39.7 Å². The number of aliphatic imine (C=N–C) groups is 1. The summed E-state index contributed by atoms with van der Waals surface area (Å²) in [4.78, 5) is 7.08. The molecule has 0 aromatic heterocycles. The molecule has 2 N–H and O–H groups in total. The van der Waals surface area contributed by atoms with E-state index in [9.17, 15) is 8.78 Å². The van der Waals surface area contributed by atoms with Gasteiger partial charge in [-0.15, -0.1) is 24.0 Å². The summed E-state index contributed by atoms with van der Waals surface area (Å²) in [6, 6.07) is 4.44. The molecule has 1 aliphatic heterocycles. The van der Waals surface area contributed by atoms with Gasteiger partial charge >= 0.3 is 0 Å². The molecule has 0 radical (unpaired) electrons. The fourth-order valence-electron chi connectivity index (χ4n) is 3.28. The van der Waals surface area contributed by atoms with Crippen molar-refractivity contribution in [3.05, 3.63) is 47.5 Å². The molecule has 1 atom stereocenters. The van der Waals surface area contributed by atoms with Crippen LogP contribution in [0.1, 0.15) is 45.1 Å². The summed E-state index contributed by atoms with van der Waals surface area (Å²) in [5, 5.41) is 6.79. The lowest BCUT2D eigenvalue weighted by Crippen LogP contribution is -2.49. The number of rotatable bonds is 7. The van der Waals surface area contributed by atoms with Crippen LogP contribution in [-0.4, -0.2) is 49.6 Å². The zero-order chi connectivity index (χ0) is 19.8. The molecule has 0 amide bonds. The smallest absolute Gasteiger partial charge is 0.191 e. The van der Waals surface area contributed by atoms with Crippen LogP contribution < -0.4 is 10.6 Å². The highest BCUT2D eigenvalue weighted by atomic mass is 127. The summed E-state index contributed by atoms with van der Waals surface area (Å²) in [6.45, 7) is 14.4. The maximum atomic E-state index is 13.4. The average Bonchev–Trinajstić information content (AvgIpc) is 2.63. The van der Waals surface area contributed by atoms with Crippen LogP contribution in [0.5, 0.6) is 0 Å². The third-order valence-electron chi connectivity index (χ3n) is 4.80. The minimum atomic E-state index is -0.817. The average molecular weight is 506 g/mol. The van der Waals surface area contributed by atoms with Crippen molar-refractivity contribution in [2.24, 2.45) is 4.99 Å². The van der Waals surface area contributed by atoms with Crippen LogP contribution in [0.25, 0.3) is 0 Å². The lowest BCUT2D eigenvalue weighted by molar-refractivity contribution is 0.221. The van der Waals surface area contributed by atoms with Gasteiger partial charge < -0.3 is 10.6 Å². The SMILES string of the molecule is C=C(C)CN1CCC(NC(=NCC(C)c2ccc(F)c(F)c2)NCC)CC1.I. The predicted octanol–water partition coefficient (Wildman–Crippen LogP) is 4.28. The highest BCUT2D eigenvalue weighted by molar-refractivity contribution is 14.0. The summed E-state index contributed by atoms with van der Waals surface area (Å²) >= 11 is 0. The molecule has 1 aromatic rings. The van der Waals surface area contributed by atoms with Crippen LogP contribution in [0.3, 0.4) is 0 Å². The first-order valence-corrected chi connectivity index (χ1v) is 9.75. The Morgan fingerprint density at radius 3 is 2.54 bits per heavy atom. The Bertz CT molecular complexity index is 658. The zero-order valence-electron chi connectivity index (χ0n) is 17.1. The fourth-order valence-corrected chi connectivity index (χ4v) is 3.28. The van der Waals surface area contributed by atoms with E-state index in [0.717, 1.165) is 50.5 Å². The van der Waals surface area contributed by atoms with Gasteiger partial charge in [-0.1, -0.05) is 25.1 Å². The highest BCUT2D eigenvalue weighted by Gasteiger charge is 2.20. The lowest BCUT2D eigenvalue weighted by Gasteiger charge is -2.33. The van der Waals surface area contributed by atoms with Gasteiger partial charge in [0.25, 0.3) is 0 Å². The molecule has 28 heavy (non-hydrogen) atoms. The molecule has 1 aliphatic rings. The minimum absolute atomic E-state index is 0. The van der Waals surface area contributed by atoms with E-state index in [-0.39, 0.29) is 29.9 Å². The quantitative estimate of drug-likeness (QED) is 0.251. The number of halogens is 3. The van der Waals surface area contributed by atoms with Crippen molar-refractivity contribution in [1.82, 2.24) is 15.5 Å². The van der Waals surface area contributed by atoms with Crippen LogP contribution in [0, 0.1) is 11.6 Å². The Balaban J connectivity index is 0.00000392. The minimum Gasteiger partial charge on any atom is -0.357 e. The molecule has 0 bridgehead atoms. The summed E-state index contributed by atoms with van der Waals surface area (Å²) < 4.78 is 26.5. The van der Waals surface area contributed by atoms with Gasteiger partial charge in [0, 0.05) is 44.7 Å². The Morgan fingerprint density at radius 2 is 1.96 bits per heavy atom. The molecule has 1 fully saturated rings. The van der Waals surface area contributed by atoms with Crippen molar-refractivity contribution in [2.45, 2.75) is 45.6 Å². The third kappa shape index (κ3) is 8.03. The summed E-state index contributed by atoms with van der Waals surface area (Å²) in [5.74, 6) is -0.837. The van der Waals surface area contributed by atoms with Gasteiger partial charge in [-0.05, 0) is 44.4 Å². The molecule has 2 rings (SSSR count). The van der Waals surface area contributed by atoms with E-state index < -0.39 is 11.6 Å². The number of piperidine rings is 1. The summed E-state index contributed by atoms with van der Waals surface area (Å²) in [6.07, 6.45) is 2.13. The number of likely N-dealkylation sites (tertiary alicyclic amines) is 1. The fraction of sp³-hybridized carbons (Fsp3) is 0.571. The Kier molecular flexibility index (Phi) is 11.0. The molecule has 1 heterocycles. The molecule has 1 unspecified atom stereocenters. The molecule has 1 saturated heterocycles. The molecule has 0 saturated carbocycles. The van der Waals surface area contributed by atoms with Gasteiger partial charge in [0.2, 0.25) is 0 Å². The Morgan fingerprint density at radius 1 is 1.29 bits per heavy atom. The molecule has 158 valence electrons. The predicted molar refractivity (Wildman–Crippen MR) is 124 cm³/mol. The number of benzene rings is 1. The first kappa shape index (κ1) is 24.8. The van der Waals surface area contributed by atoms with E-state index in [1.165, 1.54) is 17.7 Å². The zero-order valence-corrected chi connectivity index (χ0v) is 19.4.